The van der Waals surface area contributed by atoms with Crippen LogP contribution in [-0.4, -0.2) is 64.1 Å². The van der Waals surface area contributed by atoms with E-state index in [1.54, 1.807) is 0 Å². The number of hydrogen-bond donors (Lipinski definition) is 1. The zero-order valence-electron chi connectivity index (χ0n) is 12.6. The molecule has 0 aromatic carbocycles. The molecule has 4 nitrogen and oxygen atoms in total. The zero-order chi connectivity index (χ0) is 13.6. The lowest BCUT2D eigenvalue weighted by Gasteiger charge is -2.33. The van der Waals surface area contributed by atoms with E-state index in [2.05, 4.69) is 24.2 Å². The highest BCUT2D eigenvalue weighted by atomic mass is 16.5. The molecule has 1 N–H and O–H groups in total. The van der Waals surface area contributed by atoms with Crippen molar-refractivity contribution in [3.63, 3.8) is 0 Å². The average Bonchev–Trinajstić information content (AvgIpc) is 3.02. The fraction of sp³-hybridized carbons (Fsp3) is 1.00. The minimum Gasteiger partial charge on any atom is -0.381 e. The summed E-state index contributed by atoms with van der Waals surface area (Å²) in [5.41, 5.74) is 0.308. The molecule has 2 atom stereocenters. The number of likely N-dealkylation sites (N-methyl/N-ethyl adjacent to an activating group) is 1. The van der Waals surface area contributed by atoms with Gasteiger partial charge in [0.05, 0.1) is 12.7 Å². The van der Waals surface area contributed by atoms with Gasteiger partial charge in [-0.05, 0) is 39.3 Å². The Morgan fingerprint density at radius 2 is 2.26 bits per heavy atom. The monoisotopic (exact) mass is 270 g/mol. The lowest BCUT2D eigenvalue weighted by Crippen LogP contribution is -2.45. The standard InChI is InChI=1S/C15H30N2O2/c1-3-7-16-11-15(6-9-18-13-15)12-17(2)10-14-5-4-8-19-14/h14,16H,3-13H2,1-2H3. The summed E-state index contributed by atoms with van der Waals surface area (Å²) in [4.78, 5) is 2.44. The van der Waals surface area contributed by atoms with Crippen molar-refractivity contribution >= 4 is 0 Å². The van der Waals surface area contributed by atoms with Crippen molar-refractivity contribution in [3.8, 4) is 0 Å². The Kier molecular flexibility index (Phi) is 6.07. The molecule has 0 radical (unpaired) electrons. The molecular weight excluding hydrogens is 240 g/mol. The first kappa shape index (κ1) is 15.2. The van der Waals surface area contributed by atoms with Crippen molar-refractivity contribution in [1.29, 1.82) is 0 Å². The summed E-state index contributed by atoms with van der Waals surface area (Å²) in [6, 6.07) is 0. The summed E-state index contributed by atoms with van der Waals surface area (Å²) in [6.45, 7) is 9.35. The zero-order valence-corrected chi connectivity index (χ0v) is 12.6. The van der Waals surface area contributed by atoms with Gasteiger partial charge < -0.3 is 19.7 Å². The van der Waals surface area contributed by atoms with Gasteiger partial charge in [-0.1, -0.05) is 6.92 Å². The number of ether oxygens (including phenoxy) is 2. The van der Waals surface area contributed by atoms with Crippen LogP contribution in [0.25, 0.3) is 0 Å². The van der Waals surface area contributed by atoms with E-state index in [1.807, 2.05) is 0 Å². The van der Waals surface area contributed by atoms with Crippen LogP contribution in [0.2, 0.25) is 0 Å². The average molecular weight is 270 g/mol. The molecule has 2 fully saturated rings. The SMILES string of the molecule is CCCNCC1(CN(C)CC2CCCO2)CCOC1. The lowest BCUT2D eigenvalue weighted by atomic mass is 9.86. The minimum absolute atomic E-state index is 0.308. The van der Waals surface area contributed by atoms with E-state index < -0.39 is 0 Å². The van der Waals surface area contributed by atoms with Crippen molar-refractivity contribution in [2.24, 2.45) is 5.41 Å². The van der Waals surface area contributed by atoms with Crippen molar-refractivity contribution in [3.05, 3.63) is 0 Å². The second-order valence-corrected chi connectivity index (χ2v) is 6.31. The van der Waals surface area contributed by atoms with E-state index in [0.29, 0.717) is 11.5 Å². The van der Waals surface area contributed by atoms with Gasteiger partial charge >= 0.3 is 0 Å². The highest BCUT2D eigenvalue weighted by Crippen LogP contribution is 2.29. The maximum absolute atomic E-state index is 5.73. The van der Waals surface area contributed by atoms with Crippen LogP contribution in [0, 0.1) is 5.41 Å². The highest BCUT2D eigenvalue weighted by molar-refractivity contribution is 4.88. The number of nitrogens with zero attached hydrogens (tertiary/aromatic N) is 1. The Balaban J connectivity index is 1.77. The number of rotatable bonds is 8. The van der Waals surface area contributed by atoms with Gasteiger partial charge in [0, 0.05) is 38.3 Å². The molecule has 0 aromatic heterocycles. The molecule has 19 heavy (non-hydrogen) atoms. The van der Waals surface area contributed by atoms with E-state index >= 15 is 0 Å². The molecular formula is C15H30N2O2. The highest BCUT2D eigenvalue weighted by Gasteiger charge is 2.36. The topological polar surface area (TPSA) is 33.7 Å². The fourth-order valence-corrected chi connectivity index (χ4v) is 3.27. The molecule has 0 bridgehead atoms. The molecule has 2 saturated heterocycles. The Labute approximate surface area is 117 Å². The Morgan fingerprint density at radius 3 is 2.89 bits per heavy atom. The van der Waals surface area contributed by atoms with Crippen molar-refractivity contribution in [2.45, 2.75) is 38.7 Å². The maximum Gasteiger partial charge on any atom is 0.0702 e. The van der Waals surface area contributed by atoms with Gasteiger partial charge in [-0.2, -0.15) is 0 Å². The molecule has 2 rings (SSSR count). The third-order valence-electron chi connectivity index (χ3n) is 4.26. The van der Waals surface area contributed by atoms with Crippen LogP contribution in [0.1, 0.15) is 32.6 Å². The van der Waals surface area contributed by atoms with E-state index in [4.69, 9.17) is 9.47 Å². The van der Waals surface area contributed by atoms with Crippen LogP contribution >= 0.6 is 0 Å². The molecule has 0 spiro atoms. The van der Waals surface area contributed by atoms with E-state index in [9.17, 15) is 0 Å². The van der Waals surface area contributed by atoms with Gasteiger partial charge in [0.1, 0.15) is 0 Å². The van der Waals surface area contributed by atoms with Gasteiger partial charge in [-0.15, -0.1) is 0 Å². The van der Waals surface area contributed by atoms with Crippen LogP contribution < -0.4 is 5.32 Å². The van der Waals surface area contributed by atoms with Gasteiger partial charge in [-0.3, -0.25) is 0 Å². The second-order valence-electron chi connectivity index (χ2n) is 6.31. The summed E-state index contributed by atoms with van der Waals surface area (Å²) in [6.07, 6.45) is 5.28. The molecule has 2 aliphatic rings. The molecule has 0 aliphatic carbocycles. The fourth-order valence-electron chi connectivity index (χ4n) is 3.27. The normalized spacial score (nSPS) is 31.4. The number of nitrogens with one attached hydrogen (secondary N) is 1. The van der Waals surface area contributed by atoms with Crippen LogP contribution in [0.4, 0.5) is 0 Å². The van der Waals surface area contributed by atoms with E-state index in [-0.39, 0.29) is 0 Å². The predicted molar refractivity (Wildman–Crippen MR) is 77.5 cm³/mol. The minimum atomic E-state index is 0.308. The van der Waals surface area contributed by atoms with Crippen LogP contribution in [0.5, 0.6) is 0 Å². The first-order chi connectivity index (χ1) is 9.24. The third kappa shape index (κ3) is 4.71. The van der Waals surface area contributed by atoms with Gasteiger partial charge in [-0.25, -0.2) is 0 Å². The van der Waals surface area contributed by atoms with Crippen molar-refractivity contribution in [2.75, 3.05) is 53.0 Å². The Hall–Kier alpha value is -0.160. The Morgan fingerprint density at radius 1 is 1.37 bits per heavy atom. The van der Waals surface area contributed by atoms with E-state index in [0.717, 1.165) is 46.0 Å². The summed E-state index contributed by atoms with van der Waals surface area (Å²) in [5.74, 6) is 0. The molecule has 4 heteroatoms. The van der Waals surface area contributed by atoms with Gasteiger partial charge in [0.2, 0.25) is 0 Å². The smallest absolute Gasteiger partial charge is 0.0702 e. The van der Waals surface area contributed by atoms with Crippen LogP contribution in [0.3, 0.4) is 0 Å². The van der Waals surface area contributed by atoms with Gasteiger partial charge in [0.15, 0.2) is 0 Å². The van der Waals surface area contributed by atoms with Crippen LogP contribution in [0.15, 0.2) is 0 Å². The van der Waals surface area contributed by atoms with Crippen molar-refractivity contribution < 1.29 is 9.47 Å². The third-order valence-corrected chi connectivity index (χ3v) is 4.26. The summed E-state index contributed by atoms with van der Waals surface area (Å²) in [7, 11) is 2.22. The summed E-state index contributed by atoms with van der Waals surface area (Å²) >= 11 is 0. The quantitative estimate of drug-likeness (QED) is 0.678. The largest absolute Gasteiger partial charge is 0.381 e. The molecule has 0 aromatic rings. The van der Waals surface area contributed by atoms with Crippen LogP contribution in [-0.2, 0) is 9.47 Å². The first-order valence-electron chi connectivity index (χ1n) is 7.83. The molecule has 2 heterocycles. The molecule has 0 amide bonds. The number of hydrogen-bond acceptors (Lipinski definition) is 4. The maximum atomic E-state index is 5.73. The first-order valence-corrected chi connectivity index (χ1v) is 7.83. The summed E-state index contributed by atoms with van der Waals surface area (Å²) < 4.78 is 11.4. The second kappa shape index (κ2) is 7.58. The van der Waals surface area contributed by atoms with Gasteiger partial charge in [0.25, 0.3) is 0 Å². The van der Waals surface area contributed by atoms with E-state index in [1.165, 1.54) is 25.7 Å². The predicted octanol–water partition coefficient (Wildman–Crippen LogP) is 1.50. The molecule has 2 unspecified atom stereocenters. The Bertz CT molecular complexity index is 249. The van der Waals surface area contributed by atoms with Crippen molar-refractivity contribution in [1.82, 2.24) is 10.2 Å². The molecule has 2 aliphatic heterocycles. The molecule has 112 valence electrons. The molecule has 0 saturated carbocycles. The lowest BCUT2D eigenvalue weighted by molar-refractivity contribution is 0.0594. The summed E-state index contributed by atoms with van der Waals surface area (Å²) in [5, 5.41) is 3.58.